The zero-order chi connectivity index (χ0) is 26.9. The molecule has 0 saturated heterocycles. The Morgan fingerprint density at radius 2 is 1.64 bits per heavy atom. The molecule has 1 rings (SSSR count). The average Bonchev–Trinajstić information content (AvgIpc) is 2.81. The molecule has 0 aliphatic heterocycles. The molecule has 0 fully saturated rings. The number of carbonyl (C=O) groups excluding carboxylic acids is 3. The van der Waals surface area contributed by atoms with Crippen LogP contribution in [-0.2, 0) is 20.8 Å². The number of aromatic hydroxyl groups is 1. The molecule has 0 radical (unpaired) electrons. The lowest BCUT2D eigenvalue weighted by atomic mass is 9.93. The number of hydrogen-bond donors (Lipinski definition) is 6. The number of nitrogens with two attached hydrogens (primary N) is 3. The van der Waals surface area contributed by atoms with Crippen molar-refractivity contribution in [3.05, 3.63) is 29.8 Å². The zero-order valence-electron chi connectivity index (χ0n) is 21.7. The molecule has 36 heavy (non-hydrogen) atoms. The van der Waals surface area contributed by atoms with Gasteiger partial charge in [-0.2, -0.15) is 0 Å². The number of hydrogen-bond acceptors (Lipinski definition) is 5. The minimum absolute atomic E-state index is 0.00728. The molecule has 0 bridgehead atoms. The molecule has 3 amide bonds. The zero-order valence-corrected chi connectivity index (χ0v) is 21.7. The normalized spacial score (nSPS) is 13.3. The van der Waals surface area contributed by atoms with E-state index in [0.717, 1.165) is 37.7 Å². The Bertz CT molecular complexity index is 839. The quantitative estimate of drug-likeness (QED) is 0.100. The molecule has 1 aromatic carbocycles. The second-order valence-electron chi connectivity index (χ2n) is 9.37. The highest BCUT2D eigenvalue weighted by Crippen LogP contribution is 2.16. The number of primary amides is 1. The van der Waals surface area contributed by atoms with Gasteiger partial charge in [0.15, 0.2) is 5.96 Å². The first-order chi connectivity index (χ1) is 17.1. The predicted molar refractivity (Wildman–Crippen MR) is 142 cm³/mol. The lowest BCUT2D eigenvalue weighted by molar-refractivity contribution is -0.129. The molecule has 10 nitrogen and oxygen atoms in total. The fourth-order valence-corrected chi connectivity index (χ4v) is 3.99. The third-order valence-corrected chi connectivity index (χ3v) is 6.04. The molecule has 0 aliphatic rings. The van der Waals surface area contributed by atoms with Crippen molar-refractivity contribution in [2.45, 2.75) is 90.1 Å². The third kappa shape index (κ3) is 13.6. The summed E-state index contributed by atoms with van der Waals surface area (Å²) in [7, 11) is 0. The summed E-state index contributed by atoms with van der Waals surface area (Å²) in [6.45, 7) is 4.38. The van der Waals surface area contributed by atoms with Crippen LogP contribution in [0.5, 0.6) is 5.75 Å². The van der Waals surface area contributed by atoms with Crippen LogP contribution in [-0.4, -0.2) is 47.4 Å². The van der Waals surface area contributed by atoms with Crippen LogP contribution in [0.2, 0.25) is 0 Å². The summed E-state index contributed by atoms with van der Waals surface area (Å²) < 4.78 is 0. The Labute approximate surface area is 214 Å². The van der Waals surface area contributed by atoms with E-state index in [0.29, 0.717) is 25.8 Å². The number of unbranched alkanes of at least 4 members (excludes halogenated alkanes) is 4. The summed E-state index contributed by atoms with van der Waals surface area (Å²) in [5.74, 6) is -1.08. The number of guanidine groups is 1. The molecule has 3 atom stereocenters. The first kappa shape index (κ1) is 30.7. The Morgan fingerprint density at radius 1 is 0.972 bits per heavy atom. The van der Waals surface area contributed by atoms with Crippen molar-refractivity contribution in [2.75, 3.05) is 6.54 Å². The van der Waals surface area contributed by atoms with E-state index in [9.17, 15) is 19.5 Å². The van der Waals surface area contributed by atoms with Crippen LogP contribution in [0, 0.1) is 5.92 Å². The van der Waals surface area contributed by atoms with Crippen molar-refractivity contribution in [1.82, 2.24) is 10.6 Å². The summed E-state index contributed by atoms with van der Waals surface area (Å²) in [6.07, 6.45) is 6.94. The molecule has 9 N–H and O–H groups in total. The standard InChI is InChI=1S/C26H44N6O4/c1-3-4-5-6-7-10-24(35)31-22(17-19-11-13-20(33)14-12-19)25(36)32-21(18(2)16-23(27)34)9-8-15-30-26(28)29/h11-14,18,21-22,33H,3-10,15-17H2,1-2H3,(H2,27,34)(H,31,35)(H,32,36)(H4,28,29,30)/t18?,21-,22?/m0/s1. The number of aliphatic imine (C=N–C) groups is 1. The molecule has 0 aromatic heterocycles. The van der Waals surface area contributed by atoms with E-state index >= 15 is 0 Å². The lowest BCUT2D eigenvalue weighted by Gasteiger charge is -2.27. The minimum Gasteiger partial charge on any atom is -0.508 e. The van der Waals surface area contributed by atoms with Gasteiger partial charge in [-0.1, -0.05) is 51.7 Å². The molecule has 0 heterocycles. The monoisotopic (exact) mass is 504 g/mol. The molecule has 2 unspecified atom stereocenters. The fourth-order valence-electron chi connectivity index (χ4n) is 3.99. The molecule has 0 spiro atoms. The summed E-state index contributed by atoms with van der Waals surface area (Å²) in [5.41, 5.74) is 17.0. The second kappa shape index (κ2) is 17.2. The van der Waals surface area contributed by atoms with Gasteiger partial charge in [0.1, 0.15) is 11.8 Å². The van der Waals surface area contributed by atoms with Crippen molar-refractivity contribution in [3.8, 4) is 5.75 Å². The highest BCUT2D eigenvalue weighted by Gasteiger charge is 2.27. The Balaban J connectivity index is 2.92. The maximum Gasteiger partial charge on any atom is 0.243 e. The van der Waals surface area contributed by atoms with Crippen molar-refractivity contribution in [2.24, 2.45) is 28.1 Å². The lowest BCUT2D eigenvalue weighted by Crippen LogP contribution is -2.52. The van der Waals surface area contributed by atoms with Gasteiger partial charge in [0.25, 0.3) is 0 Å². The number of carbonyl (C=O) groups is 3. The van der Waals surface area contributed by atoms with Gasteiger partial charge in [-0.25, -0.2) is 0 Å². The van der Waals surface area contributed by atoms with Gasteiger partial charge in [-0.3, -0.25) is 19.4 Å². The van der Waals surface area contributed by atoms with Crippen LogP contribution in [0.15, 0.2) is 29.3 Å². The Hall–Kier alpha value is -3.30. The number of nitrogens with zero attached hydrogens (tertiary/aromatic N) is 1. The SMILES string of the molecule is CCCCCCCC(=O)NC(Cc1ccc(O)cc1)C(=O)N[C@@H](CCCN=C(N)N)C(C)CC(N)=O. The summed E-state index contributed by atoms with van der Waals surface area (Å²) in [6, 6.07) is 5.36. The molecule has 0 aliphatic carbocycles. The largest absolute Gasteiger partial charge is 0.508 e. The molecular weight excluding hydrogens is 460 g/mol. The van der Waals surface area contributed by atoms with Crippen molar-refractivity contribution in [3.63, 3.8) is 0 Å². The van der Waals surface area contributed by atoms with Crippen molar-refractivity contribution >= 4 is 23.7 Å². The number of nitrogens with one attached hydrogen (secondary N) is 2. The number of benzene rings is 1. The highest BCUT2D eigenvalue weighted by atomic mass is 16.3. The van der Waals surface area contributed by atoms with E-state index < -0.39 is 11.9 Å². The first-order valence-electron chi connectivity index (χ1n) is 12.8. The van der Waals surface area contributed by atoms with E-state index in [-0.39, 0.29) is 48.3 Å². The molecule has 1 aromatic rings. The fraction of sp³-hybridized carbons (Fsp3) is 0.615. The summed E-state index contributed by atoms with van der Waals surface area (Å²) >= 11 is 0. The second-order valence-corrected chi connectivity index (χ2v) is 9.37. The van der Waals surface area contributed by atoms with Crippen LogP contribution in [0.3, 0.4) is 0 Å². The molecule has 0 saturated carbocycles. The molecular formula is C26H44N6O4. The van der Waals surface area contributed by atoms with Gasteiger partial charge in [-0.05, 0) is 42.9 Å². The maximum atomic E-state index is 13.3. The van der Waals surface area contributed by atoms with Crippen molar-refractivity contribution in [1.29, 1.82) is 0 Å². The topological polar surface area (TPSA) is 186 Å². The van der Waals surface area contributed by atoms with Crippen molar-refractivity contribution < 1.29 is 19.5 Å². The smallest absolute Gasteiger partial charge is 0.243 e. The molecule has 202 valence electrons. The van der Waals surface area contributed by atoms with Crippen LogP contribution < -0.4 is 27.8 Å². The number of rotatable bonds is 18. The van der Waals surface area contributed by atoms with Crippen LogP contribution >= 0.6 is 0 Å². The molecule has 10 heteroatoms. The number of phenols is 1. The number of amides is 3. The Kier molecular flexibility index (Phi) is 14.7. The van der Waals surface area contributed by atoms with Crippen LogP contribution in [0.25, 0.3) is 0 Å². The minimum atomic E-state index is -0.807. The highest BCUT2D eigenvalue weighted by molar-refractivity contribution is 5.88. The van der Waals surface area contributed by atoms with E-state index in [1.165, 1.54) is 0 Å². The van der Waals surface area contributed by atoms with Gasteiger partial charge in [-0.15, -0.1) is 0 Å². The van der Waals surface area contributed by atoms with E-state index in [2.05, 4.69) is 22.5 Å². The Morgan fingerprint density at radius 3 is 2.25 bits per heavy atom. The summed E-state index contributed by atoms with van der Waals surface area (Å²) in [4.78, 5) is 41.5. The van der Waals surface area contributed by atoms with Gasteiger partial charge < -0.3 is 32.9 Å². The first-order valence-corrected chi connectivity index (χ1v) is 12.8. The number of phenolic OH excluding ortho intramolecular Hbond substituents is 1. The van der Waals surface area contributed by atoms with Gasteiger partial charge in [0.05, 0.1) is 0 Å². The van der Waals surface area contributed by atoms with Gasteiger partial charge in [0.2, 0.25) is 17.7 Å². The predicted octanol–water partition coefficient (Wildman–Crippen LogP) is 1.83. The average molecular weight is 505 g/mol. The van der Waals surface area contributed by atoms with E-state index in [4.69, 9.17) is 17.2 Å². The van der Waals surface area contributed by atoms with E-state index in [1.54, 1.807) is 24.3 Å². The van der Waals surface area contributed by atoms with Crippen LogP contribution in [0.4, 0.5) is 0 Å². The maximum absolute atomic E-state index is 13.3. The van der Waals surface area contributed by atoms with Gasteiger partial charge >= 0.3 is 0 Å². The third-order valence-electron chi connectivity index (χ3n) is 6.04. The summed E-state index contributed by atoms with van der Waals surface area (Å²) in [5, 5.41) is 15.5. The van der Waals surface area contributed by atoms with E-state index in [1.807, 2.05) is 6.92 Å². The van der Waals surface area contributed by atoms with Gasteiger partial charge in [0, 0.05) is 31.8 Å². The van der Waals surface area contributed by atoms with Crippen LogP contribution in [0.1, 0.15) is 77.2 Å².